The smallest absolute Gasteiger partial charge is 0.268 e. The van der Waals surface area contributed by atoms with E-state index in [9.17, 15) is 4.79 Å². The highest BCUT2D eigenvalue weighted by atomic mass is 32.2. The maximum absolute atomic E-state index is 12.2. The van der Waals surface area contributed by atoms with Crippen molar-refractivity contribution in [2.24, 2.45) is 0 Å². The maximum atomic E-state index is 12.2. The van der Waals surface area contributed by atoms with Gasteiger partial charge in [-0.1, -0.05) is 42.1 Å². The molecule has 0 radical (unpaired) electrons. The van der Waals surface area contributed by atoms with Gasteiger partial charge in [-0.05, 0) is 30.0 Å². The van der Waals surface area contributed by atoms with Crippen molar-refractivity contribution in [3.05, 3.63) is 81.6 Å². The van der Waals surface area contributed by atoms with Crippen LogP contribution in [0, 0.1) is 6.92 Å². The number of nitrogens with zero attached hydrogens (tertiary/aromatic N) is 4. The summed E-state index contributed by atoms with van der Waals surface area (Å²) in [5.74, 6) is 2.65. The van der Waals surface area contributed by atoms with Crippen molar-refractivity contribution in [3.8, 4) is 11.4 Å². The Morgan fingerprint density at radius 2 is 2.03 bits per heavy atom. The van der Waals surface area contributed by atoms with Gasteiger partial charge in [0, 0.05) is 0 Å². The molecule has 5 aromatic rings. The van der Waals surface area contributed by atoms with Crippen molar-refractivity contribution < 1.29 is 4.42 Å². The maximum Gasteiger partial charge on any atom is 0.268 e. The molecule has 0 amide bonds. The van der Waals surface area contributed by atoms with Crippen LogP contribution in [-0.4, -0.2) is 24.7 Å². The van der Waals surface area contributed by atoms with Crippen molar-refractivity contribution >= 4 is 33.3 Å². The number of fused-ring (bicyclic) bond motifs is 1. The molecule has 0 saturated carbocycles. The van der Waals surface area contributed by atoms with Crippen LogP contribution >= 0.6 is 23.1 Å². The number of furan rings is 1. The lowest BCUT2D eigenvalue weighted by molar-refractivity contribution is 0.534. The summed E-state index contributed by atoms with van der Waals surface area (Å²) in [4.78, 5) is 19.7. The zero-order chi connectivity index (χ0) is 20.5. The van der Waals surface area contributed by atoms with Crippen LogP contribution in [0.25, 0.3) is 21.6 Å². The highest BCUT2D eigenvalue weighted by molar-refractivity contribution is 7.98. The monoisotopic (exact) mass is 435 g/mol. The average molecular weight is 436 g/mol. The number of aromatic nitrogens is 5. The quantitative estimate of drug-likeness (QED) is 0.396. The van der Waals surface area contributed by atoms with Gasteiger partial charge >= 0.3 is 0 Å². The van der Waals surface area contributed by atoms with Gasteiger partial charge in [0.2, 0.25) is 0 Å². The molecule has 0 fully saturated rings. The fourth-order valence-corrected chi connectivity index (χ4v) is 4.78. The van der Waals surface area contributed by atoms with E-state index in [4.69, 9.17) is 4.42 Å². The van der Waals surface area contributed by atoms with E-state index in [2.05, 4.69) is 36.9 Å². The van der Waals surface area contributed by atoms with Gasteiger partial charge in [-0.2, -0.15) is 0 Å². The number of aromatic amines is 1. The van der Waals surface area contributed by atoms with Crippen molar-refractivity contribution in [1.29, 1.82) is 0 Å². The second-order valence-corrected chi connectivity index (χ2v) is 8.56. The van der Waals surface area contributed by atoms with Gasteiger partial charge in [0.05, 0.1) is 29.6 Å². The van der Waals surface area contributed by atoms with E-state index in [0.717, 1.165) is 33.4 Å². The first-order valence-corrected chi connectivity index (χ1v) is 11.2. The Balaban J connectivity index is 1.48. The van der Waals surface area contributed by atoms with Crippen molar-refractivity contribution in [2.45, 2.75) is 24.4 Å². The normalized spacial score (nSPS) is 11.4. The van der Waals surface area contributed by atoms with Crippen LogP contribution < -0.4 is 5.56 Å². The van der Waals surface area contributed by atoms with Gasteiger partial charge in [0.15, 0.2) is 11.0 Å². The van der Waals surface area contributed by atoms with E-state index in [1.807, 2.05) is 42.6 Å². The third-order valence-corrected chi connectivity index (χ3v) is 6.58. The molecule has 0 spiro atoms. The first-order chi connectivity index (χ1) is 14.7. The van der Waals surface area contributed by atoms with Crippen LogP contribution in [0.1, 0.15) is 17.1 Å². The summed E-state index contributed by atoms with van der Waals surface area (Å²) < 4.78 is 8.19. The highest BCUT2D eigenvalue weighted by Gasteiger charge is 2.18. The molecular weight excluding hydrogens is 418 g/mol. The van der Waals surface area contributed by atoms with Crippen LogP contribution in [-0.2, 0) is 12.3 Å². The van der Waals surface area contributed by atoms with Gasteiger partial charge in [-0.25, -0.2) is 4.98 Å². The molecule has 4 aromatic heterocycles. The number of hydrogen-bond donors (Lipinski definition) is 1. The zero-order valence-corrected chi connectivity index (χ0v) is 17.7. The van der Waals surface area contributed by atoms with E-state index in [-0.39, 0.29) is 5.56 Å². The van der Waals surface area contributed by atoms with Crippen LogP contribution in [0.4, 0.5) is 0 Å². The summed E-state index contributed by atoms with van der Waals surface area (Å²) in [6.07, 6.45) is 1.66. The first kappa shape index (κ1) is 18.8. The van der Waals surface area contributed by atoms with Gasteiger partial charge in [0.1, 0.15) is 16.3 Å². The summed E-state index contributed by atoms with van der Waals surface area (Å²) >= 11 is 2.89. The Labute approximate surface area is 179 Å². The second-order valence-electron chi connectivity index (χ2n) is 6.70. The molecule has 0 atom stereocenters. The van der Waals surface area contributed by atoms with Crippen LogP contribution in [0.2, 0.25) is 0 Å². The minimum Gasteiger partial charge on any atom is -0.469 e. The number of rotatable bonds is 6. The summed E-state index contributed by atoms with van der Waals surface area (Å²) in [6.45, 7) is 2.54. The van der Waals surface area contributed by atoms with E-state index in [1.54, 1.807) is 6.26 Å². The van der Waals surface area contributed by atoms with Crippen LogP contribution in [0.5, 0.6) is 0 Å². The molecule has 0 aliphatic heterocycles. The highest BCUT2D eigenvalue weighted by Crippen LogP contribution is 2.29. The minimum atomic E-state index is -0.105. The largest absolute Gasteiger partial charge is 0.469 e. The van der Waals surface area contributed by atoms with Gasteiger partial charge < -0.3 is 9.40 Å². The van der Waals surface area contributed by atoms with Crippen LogP contribution in [0.3, 0.4) is 0 Å². The molecule has 0 aliphatic rings. The Morgan fingerprint density at radius 3 is 2.83 bits per heavy atom. The van der Waals surface area contributed by atoms with E-state index < -0.39 is 0 Å². The SMILES string of the molecule is Cc1occc1-c1nnc(SCc2nc3ccsc3c(=O)[nH]2)n1Cc1ccccc1. The third-order valence-electron chi connectivity index (χ3n) is 4.70. The molecule has 7 nitrogen and oxygen atoms in total. The molecule has 4 heterocycles. The lowest BCUT2D eigenvalue weighted by atomic mass is 10.2. The molecular formula is C21H17N5O2S2. The van der Waals surface area contributed by atoms with E-state index in [1.165, 1.54) is 23.1 Å². The second kappa shape index (κ2) is 7.92. The number of nitrogens with one attached hydrogen (secondary N) is 1. The number of hydrogen-bond acceptors (Lipinski definition) is 7. The lowest BCUT2D eigenvalue weighted by Crippen LogP contribution is -2.10. The van der Waals surface area contributed by atoms with Crippen molar-refractivity contribution in [3.63, 3.8) is 0 Å². The fraction of sp³-hybridized carbons (Fsp3) is 0.143. The van der Waals surface area contributed by atoms with E-state index in [0.29, 0.717) is 22.8 Å². The predicted molar refractivity (Wildman–Crippen MR) is 118 cm³/mol. The summed E-state index contributed by atoms with van der Waals surface area (Å²) in [5.41, 5.74) is 2.68. The van der Waals surface area contributed by atoms with Gasteiger partial charge in [-0.15, -0.1) is 21.5 Å². The number of benzene rings is 1. The third kappa shape index (κ3) is 3.57. The molecule has 1 N–H and O–H groups in total. The Kier molecular flexibility index (Phi) is 4.97. The number of H-pyrrole nitrogens is 1. The van der Waals surface area contributed by atoms with Crippen LogP contribution in [0.15, 0.2) is 68.5 Å². The molecule has 0 unspecified atom stereocenters. The minimum absolute atomic E-state index is 0.105. The standard InChI is InChI=1S/C21H17N5O2S2/c1-13-15(7-9-28-13)19-24-25-21(26(19)11-14-5-3-2-4-6-14)30-12-17-22-16-8-10-29-18(16)20(27)23-17/h2-10H,11-12H2,1H3,(H,22,23,27). The van der Waals surface area contributed by atoms with Gasteiger partial charge in [0.25, 0.3) is 5.56 Å². The Hall–Kier alpha value is -3.17. The molecule has 0 saturated heterocycles. The zero-order valence-electron chi connectivity index (χ0n) is 16.0. The van der Waals surface area contributed by atoms with Crippen molar-refractivity contribution in [2.75, 3.05) is 0 Å². The fourth-order valence-electron chi connectivity index (χ4n) is 3.24. The molecule has 150 valence electrons. The molecule has 9 heteroatoms. The lowest BCUT2D eigenvalue weighted by Gasteiger charge is -2.10. The summed E-state index contributed by atoms with van der Waals surface area (Å²) in [6, 6.07) is 13.9. The Bertz CT molecular complexity index is 1370. The topological polar surface area (TPSA) is 89.6 Å². The molecule has 1 aromatic carbocycles. The number of thioether (sulfide) groups is 1. The molecule has 0 aliphatic carbocycles. The number of aryl methyl sites for hydroxylation is 1. The Morgan fingerprint density at radius 1 is 1.17 bits per heavy atom. The predicted octanol–water partition coefficient (Wildman–Crippen LogP) is 4.49. The van der Waals surface area contributed by atoms with Gasteiger partial charge in [-0.3, -0.25) is 9.36 Å². The number of thiophene rings is 1. The van der Waals surface area contributed by atoms with Crippen molar-refractivity contribution in [1.82, 2.24) is 24.7 Å². The van der Waals surface area contributed by atoms with E-state index >= 15 is 0 Å². The molecule has 5 rings (SSSR count). The first-order valence-electron chi connectivity index (χ1n) is 9.30. The molecule has 0 bridgehead atoms. The summed E-state index contributed by atoms with van der Waals surface area (Å²) in [5, 5.41) is 11.5. The molecule has 30 heavy (non-hydrogen) atoms. The average Bonchev–Trinajstić information content (AvgIpc) is 3.47. The summed E-state index contributed by atoms with van der Waals surface area (Å²) in [7, 11) is 0.